The second-order valence-electron chi connectivity index (χ2n) is 6.46. The Morgan fingerprint density at radius 2 is 1.75 bits per heavy atom. The molecule has 0 aromatic heterocycles. The van der Waals surface area contributed by atoms with Gasteiger partial charge in [-0.2, -0.15) is 4.31 Å². The van der Waals surface area contributed by atoms with E-state index in [0.717, 1.165) is 18.4 Å². The molecule has 2 N–H and O–H groups in total. The second kappa shape index (κ2) is 9.65. The minimum absolute atomic E-state index is 0.0236. The Morgan fingerprint density at radius 3 is 2.32 bits per heavy atom. The number of carbonyl (C=O) groups excluding carboxylic acids is 3. The standard InChI is InChI=1S/C18H25N3O6S/c1-13(17(23)20-18(24)19-2)27-16(22)10-7-14-5-8-15(9-6-14)28(25,26)21-11-3-4-12-21/h5-6,8-9,13H,3-4,7,10-12H2,1-2H3,(H2,19,20,23,24). The van der Waals surface area contributed by atoms with Crippen molar-refractivity contribution in [1.29, 1.82) is 0 Å². The predicted octanol–water partition coefficient (Wildman–Crippen LogP) is 0.791. The number of hydrogen-bond acceptors (Lipinski definition) is 6. The summed E-state index contributed by atoms with van der Waals surface area (Å²) in [6.07, 6.45) is 1.01. The molecule has 154 valence electrons. The van der Waals surface area contributed by atoms with Crippen molar-refractivity contribution in [1.82, 2.24) is 14.9 Å². The van der Waals surface area contributed by atoms with E-state index in [-0.39, 0.29) is 11.3 Å². The highest BCUT2D eigenvalue weighted by Gasteiger charge is 2.27. The number of nitrogens with zero attached hydrogens (tertiary/aromatic N) is 1. The van der Waals surface area contributed by atoms with Crippen LogP contribution in [0.15, 0.2) is 29.2 Å². The van der Waals surface area contributed by atoms with Crippen LogP contribution in [-0.2, 0) is 30.8 Å². The van der Waals surface area contributed by atoms with Crippen LogP contribution in [0, 0.1) is 0 Å². The number of esters is 1. The van der Waals surface area contributed by atoms with Crippen molar-refractivity contribution in [3.05, 3.63) is 29.8 Å². The first-order chi connectivity index (χ1) is 13.2. The van der Waals surface area contributed by atoms with E-state index in [2.05, 4.69) is 5.32 Å². The maximum Gasteiger partial charge on any atom is 0.321 e. The molecule has 1 aliphatic rings. The van der Waals surface area contributed by atoms with Crippen LogP contribution in [0.3, 0.4) is 0 Å². The average Bonchev–Trinajstić information content (AvgIpc) is 3.22. The molecular formula is C18H25N3O6S. The summed E-state index contributed by atoms with van der Waals surface area (Å²) in [4.78, 5) is 34.8. The Bertz CT molecular complexity index is 816. The zero-order chi connectivity index (χ0) is 20.7. The van der Waals surface area contributed by atoms with Crippen molar-refractivity contribution in [3.63, 3.8) is 0 Å². The van der Waals surface area contributed by atoms with Crippen molar-refractivity contribution in [2.24, 2.45) is 0 Å². The molecule has 1 fully saturated rings. The summed E-state index contributed by atoms with van der Waals surface area (Å²) >= 11 is 0. The lowest BCUT2D eigenvalue weighted by Gasteiger charge is -2.15. The highest BCUT2D eigenvalue weighted by atomic mass is 32.2. The fourth-order valence-corrected chi connectivity index (χ4v) is 4.25. The Kier molecular flexibility index (Phi) is 7.53. The van der Waals surface area contributed by atoms with Crippen LogP contribution in [0.4, 0.5) is 4.79 Å². The van der Waals surface area contributed by atoms with Gasteiger partial charge in [-0.15, -0.1) is 0 Å². The number of urea groups is 1. The Labute approximate surface area is 164 Å². The molecule has 28 heavy (non-hydrogen) atoms. The van der Waals surface area contributed by atoms with Crippen molar-refractivity contribution >= 4 is 27.9 Å². The molecule has 10 heteroatoms. The van der Waals surface area contributed by atoms with E-state index >= 15 is 0 Å². The summed E-state index contributed by atoms with van der Waals surface area (Å²) in [5, 5.41) is 4.25. The van der Waals surface area contributed by atoms with E-state index in [4.69, 9.17) is 4.74 Å². The number of benzene rings is 1. The number of imide groups is 1. The SMILES string of the molecule is CNC(=O)NC(=O)C(C)OC(=O)CCc1ccc(S(=O)(=O)N2CCCC2)cc1. The lowest BCUT2D eigenvalue weighted by Crippen LogP contribution is -2.43. The summed E-state index contributed by atoms with van der Waals surface area (Å²) in [6, 6.07) is 5.72. The maximum atomic E-state index is 12.5. The monoisotopic (exact) mass is 411 g/mol. The van der Waals surface area contributed by atoms with Gasteiger partial charge in [-0.05, 0) is 43.9 Å². The largest absolute Gasteiger partial charge is 0.453 e. The summed E-state index contributed by atoms with van der Waals surface area (Å²) in [7, 11) is -2.10. The van der Waals surface area contributed by atoms with E-state index < -0.39 is 34.0 Å². The van der Waals surface area contributed by atoms with Gasteiger partial charge in [0.05, 0.1) is 4.90 Å². The lowest BCUT2D eigenvalue weighted by molar-refractivity contribution is -0.154. The Balaban J connectivity index is 1.85. The maximum absolute atomic E-state index is 12.5. The zero-order valence-electron chi connectivity index (χ0n) is 15.9. The molecule has 1 unspecified atom stereocenters. The molecule has 1 atom stereocenters. The molecule has 0 spiro atoms. The molecule has 9 nitrogen and oxygen atoms in total. The number of rotatable bonds is 7. The average molecular weight is 411 g/mol. The van der Waals surface area contributed by atoms with Crippen LogP contribution in [0.2, 0.25) is 0 Å². The summed E-state index contributed by atoms with van der Waals surface area (Å²) in [6.45, 7) is 2.46. The van der Waals surface area contributed by atoms with Gasteiger partial charge in [-0.3, -0.25) is 14.9 Å². The number of hydrogen-bond donors (Lipinski definition) is 2. The summed E-state index contributed by atoms with van der Waals surface area (Å²) in [5.74, 6) is -1.31. The van der Waals surface area contributed by atoms with Crippen LogP contribution in [0.5, 0.6) is 0 Å². The third-order valence-corrected chi connectivity index (χ3v) is 6.30. The first kappa shape index (κ1) is 21.8. The Morgan fingerprint density at radius 1 is 1.14 bits per heavy atom. The minimum atomic E-state index is -3.46. The smallest absolute Gasteiger partial charge is 0.321 e. The fourth-order valence-electron chi connectivity index (χ4n) is 2.74. The molecule has 1 aromatic carbocycles. The molecule has 0 bridgehead atoms. The summed E-state index contributed by atoms with van der Waals surface area (Å²) < 4.78 is 31.4. The zero-order valence-corrected chi connectivity index (χ0v) is 16.8. The third kappa shape index (κ3) is 5.77. The van der Waals surface area contributed by atoms with Crippen LogP contribution in [0.25, 0.3) is 0 Å². The molecule has 0 radical (unpaired) electrons. The van der Waals surface area contributed by atoms with Crippen LogP contribution in [0.1, 0.15) is 31.7 Å². The third-order valence-electron chi connectivity index (χ3n) is 4.39. The number of carbonyl (C=O) groups is 3. The van der Waals surface area contributed by atoms with Crippen molar-refractivity contribution < 1.29 is 27.5 Å². The molecule has 0 aliphatic carbocycles. The van der Waals surface area contributed by atoms with E-state index in [9.17, 15) is 22.8 Å². The van der Waals surface area contributed by atoms with Gasteiger partial charge < -0.3 is 10.1 Å². The lowest BCUT2D eigenvalue weighted by atomic mass is 10.1. The van der Waals surface area contributed by atoms with Crippen LogP contribution >= 0.6 is 0 Å². The molecule has 0 saturated carbocycles. The van der Waals surface area contributed by atoms with Gasteiger partial charge in [0.25, 0.3) is 5.91 Å². The molecule has 3 amide bonds. The van der Waals surface area contributed by atoms with Gasteiger partial charge in [0.1, 0.15) is 0 Å². The first-order valence-electron chi connectivity index (χ1n) is 9.05. The second-order valence-corrected chi connectivity index (χ2v) is 8.39. The predicted molar refractivity (Wildman–Crippen MR) is 101 cm³/mol. The molecule has 1 saturated heterocycles. The van der Waals surface area contributed by atoms with E-state index in [1.807, 2.05) is 5.32 Å². The summed E-state index contributed by atoms with van der Waals surface area (Å²) in [5.41, 5.74) is 0.778. The van der Waals surface area contributed by atoms with Gasteiger partial charge in [0, 0.05) is 26.6 Å². The highest BCUT2D eigenvalue weighted by Crippen LogP contribution is 2.21. The molecule has 1 aliphatic heterocycles. The van der Waals surface area contributed by atoms with Crippen molar-refractivity contribution in [3.8, 4) is 0 Å². The number of sulfonamides is 1. The fraction of sp³-hybridized carbons (Fsp3) is 0.500. The molecule has 1 aromatic rings. The van der Waals surface area contributed by atoms with Crippen LogP contribution in [-0.4, -0.2) is 56.9 Å². The van der Waals surface area contributed by atoms with E-state index in [1.54, 1.807) is 12.1 Å². The normalized spacial score (nSPS) is 15.6. The number of aryl methyl sites for hydroxylation is 1. The van der Waals surface area contributed by atoms with E-state index in [0.29, 0.717) is 19.5 Å². The first-order valence-corrected chi connectivity index (χ1v) is 10.5. The van der Waals surface area contributed by atoms with Crippen molar-refractivity contribution in [2.45, 2.75) is 43.6 Å². The van der Waals surface area contributed by atoms with Gasteiger partial charge >= 0.3 is 12.0 Å². The number of nitrogens with one attached hydrogen (secondary N) is 2. The highest BCUT2D eigenvalue weighted by molar-refractivity contribution is 7.89. The molecule has 1 heterocycles. The van der Waals surface area contributed by atoms with Crippen molar-refractivity contribution in [2.75, 3.05) is 20.1 Å². The quantitative estimate of drug-likeness (QED) is 0.640. The minimum Gasteiger partial charge on any atom is -0.453 e. The number of amides is 3. The van der Waals surface area contributed by atoms with E-state index in [1.165, 1.54) is 30.4 Å². The topological polar surface area (TPSA) is 122 Å². The van der Waals surface area contributed by atoms with Gasteiger partial charge in [0.15, 0.2) is 6.10 Å². The van der Waals surface area contributed by atoms with Gasteiger partial charge in [0.2, 0.25) is 10.0 Å². The number of ether oxygens (including phenoxy) is 1. The van der Waals surface area contributed by atoms with Crippen LogP contribution < -0.4 is 10.6 Å². The molecule has 2 rings (SSSR count). The van der Waals surface area contributed by atoms with Gasteiger partial charge in [-0.1, -0.05) is 12.1 Å². The van der Waals surface area contributed by atoms with Gasteiger partial charge in [-0.25, -0.2) is 13.2 Å². The molecular weight excluding hydrogens is 386 g/mol. The Hall–Kier alpha value is -2.46.